The zero-order valence-corrected chi connectivity index (χ0v) is 19.0. The molecule has 184 valence electrons. The molecule has 8 nitrogen and oxygen atoms in total. The van der Waals surface area contributed by atoms with Gasteiger partial charge in [0.2, 0.25) is 5.65 Å². The highest BCUT2D eigenvalue weighted by Gasteiger charge is 2.42. The molecule has 0 amide bonds. The summed E-state index contributed by atoms with van der Waals surface area (Å²) in [6.45, 7) is 1.78. The molecule has 5 aromatic rings. The van der Waals surface area contributed by atoms with Gasteiger partial charge < -0.3 is 14.7 Å². The normalized spacial score (nSPS) is 12.7. The first kappa shape index (κ1) is 23.5. The van der Waals surface area contributed by atoms with Crippen LogP contribution < -0.4 is 10.2 Å². The van der Waals surface area contributed by atoms with Crippen LogP contribution in [0.15, 0.2) is 61.2 Å². The third-order valence-corrected chi connectivity index (χ3v) is 5.79. The highest BCUT2D eigenvalue weighted by atomic mass is 35.5. The number of fused-ring (bicyclic) bond motifs is 2. The Hall–Kier alpha value is -4.19. The number of para-hydroxylation sites is 1. The van der Waals surface area contributed by atoms with Gasteiger partial charge in [-0.1, -0.05) is 35.9 Å². The number of halogens is 5. The molecule has 5 rings (SSSR count). The lowest BCUT2D eigenvalue weighted by Crippen LogP contribution is -2.33. The lowest BCUT2D eigenvalue weighted by molar-refractivity contribution is -0.199. The maximum atomic E-state index is 14.1. The number of anilines is 1. The quantitative estimate of drug-likeness (QED) is 0.320. The monoisotopic (exact) mass is 518 g/mol. The Kier molecular flexibility index (Phi) is 5.75. The number of aromatic nitrogens is 5. The molecule has 0 aliphatic carbocycles. The summed E-state index contributed by atoms with van der Waals surface area (Å²) in [4.78, 5) is 27.6. The van der Waals surface area contributed by atoms with Gasteiger partial charge in [0.25, 0.3) is 0 Å². The van der Waals surface area contributed by atoms with Crippen molar-refractivity contribution < 1.29 is 27.2 Å². The molecule has 1 N–H and O–H groups in total. The molecule has 0 fully saturated rings. The zero-order chi connectivity index (χ0) is 25.6. The molecule has 3 aromatic heterocycles. The summed E-state index contributed by atoms with van der Waals surface area (Å²) >= 11 is 6.76. The third kappa shape index (κ3) is 4.09. The Morgan fingerprint density at radius 3 is 2.64 bits per heavy atom. The number of nitrogens with one attached hydrogen (secondary N) is 1. The minimum atomic E-state index is -5.19. The molecular weight excluding hydrogens is 504 g/mol. The second-order valence-electron chi connectivity index (χ2n) is 7.74. The molecule has 0 aliphatic heterocycles. The van der Waals surface area contributed by atoms with E-state index in [0.717, 1.165) is 23.6 Å². The number of rotatable bonds is 5. The first-order valence-corrected chi connectivity index (χ1v) is 10.8. The van der Waals surface area contributed by atoms with Gasteiger partial charge in [-0.2, -0.15) is 13.2 Å². The smallest absolute Gasteiger partial charge is 0.360 e. The van der Waals surface area contributed by atoms with Crippen LogP contribution in [0.25, 0.3) is 27.8 Å². The Balaban J connectivity index is 1.56. The van der Waals surface area contributed by atoms with Gasteiger partial charge in [0.1, 0.15) is 18.5 Å². The molecule has 1 atom stereocenters. The highest BCUT2D eigenvalue weighted by molar-refractivity contribution is 6.36. The molecule has 36 heavy (non-hydrogen) atoms. The fourth-order valence-corrected chi connectivity index (χ4v) is 4.31. The van der Waals surface area contributed by atoms with Gasteiger partial charge in [0, 0.05) is 11.1 Å². The van der Waals surface area contributed by atoms with Crippen LogP contribution in [0.5, 0.6) is 0 Å². The van der Waals surface area contributed by atoms with Crippen molar-refractivity contribution in [3.63, 3.8) is 0 Å². The van der Waals surface area contributed by atoms with Crippen LogP contribution in [0, 0.1) is 5.82 Å². The number of hydrogen-bond acceptors (Lipinski definition) is 6. The van der Waals surface area contributed by atoms with E-state index in [1.807, 2.05) is 24.3 Å². The van der Waals surface area contributed by atoms with Gasteiger partial charge in [-0.25, -0.2) is 24.1 Å². The fourth-order valence-electron chi connectivity index (χ4n) is 3.90. The summed E-state index contributed by atoms with van der Waals surface area (Å²) in [5.74, 6) is -2.69. The maximum Gasteiger partial charge on any atom is 0.493 e. The summed E-state index contributed by atoms with van der Waals surface area (Å²) in [5.41, 5.74) is 1.77. The molecule has 2 aromatic carbocycles. The van der Waals surface area contributed by atoms with Crippen molar-refractivity contribution in [2.75, 3.05) is 5.32 Å². The number of benzene rings is 2. The van der Waals surface area contributed by atoms with Crippen molar-refractivity contribution in [1.82, 2.24) is 24.2 Å². The van der Waals surface area contributed by atoms with Gasteiger partial charge in [0.05, 0.1) is 22.3 Å². The van der Waals surface area contributed by atoms with Crippen molar-refractivity contribution in [2.45, 2.75) is 19.1 Å². The van der Waals surface area contributed by atoms with E-state index in [0.29, 0.717) is 21.1 Å². The molecule has 0 saturated heterocycles. The second kappa shape index (κ2) is 8.79. The Morgan fingerprint density at radius 1 is 1.11 bits per heavy atom. The van der Waals surface area contributed by atoms with Gasteiger partial charge in [-0.05, 0) is 31.2 Å². The van der Waals surface area contributed by atoms with Gasteiger partial charge in [0.15, 0.2) is 11.3 Å². The lowest BCUT2D eigenvalue weighted by atomic mass is 10.2. The second-order valence-corrected chi connectivity index (χ2v) is 8.12. The Morgan fingerprint density at radius 2 is 1.89 bits per heavy atom. The number of nitrogens with zero attached hydrogens (tertiary/aromatic N) is 5. The van der Waals surface area contributed by atoms with Crippen molar-refractivity contribution >= 4 is 45.5 Å². The molecule has 3 heterocycles. The summed E-state index contributed by atoms with van der Waals surface area (Å²) in [7, 11) is 0. The van der Waals surface area contributed by atoms with Gasteiger partial charge in [-0.3, -0.25) is 0 Å². The predicted molar refractivity (Wildman–Crippen MR) is 123 cm³/mol. The van der Waals surface area contributed by atoms with E-state index in [9.17, 15) is 22.4 Å². The molecule has 0 aliphatic rings. The van der Waals surface area contributed by atoms with Crippen LogP contribution in [-0.4, -0.2) is 36.4 Å². The predicted octanol–water partition coefficient (Wildman–Crippen LogP) is 5.25. The average Bonchev–Trinajstić information content (AvgIpc) is 3.38. The summed E-state index contributed by atoms with van der Waals surface area (Å²) in [6, 6.07) is 12.8. The highest BCUT2D eigenvalue weighted by Crippen LogP contribution is 2.38. The largest absolute Gasteiger partial charge is 0.493 e. The summed E-state index contributed by atoms with van der Waals surface area (Å²) in [5, 5.41) is 4.30. The van der Waals surface area contributed by atoms with Crippen LogP contribution in [0.1, 0.15) is 18.7 Å². The zero-order valence-electron chi connectivity index (χ0n) is 18.3. The van der Waals surface area contributed by atoms with Crippen molar-refractivity contribution in [2.24, 2.45) is 0 Å². The van der Waals surface area contributed by atoms with Gasteiger partial charge in [-0.15, -0.1) is 4.73 Å². The van der Waals surface area contributed by atoms with E-state index in [2.05, 4.69) is 25.1 Å². The molecular formula is C23H15ClF4N6O2. The van der Waals surface area contributed by atoms with Crippen LogP contribution in [-0.2, 0) is 4.79 Å². The molecule has 0 spiro atoms. The van der Waals surface area contributed by atoms with E-state index in [1.54, 1.807) is 23.6 Å². The standard InChI is InChI=1S/C23H15ClF4N6O2/c1-12(32-20-18-21(30-10-29-20)33(11-31-18)36-22(35)23(26,27)28)19-17(24)15-7-2-3-8-16(15)34(19)14-6-4-5-13(25)9-14/h2-12H,1H3,(H,29,30,32). The van der Waals surface area contributed by atoms with Gasteiger partial charge >= 0.3 is 12.1 Å². The number of hydrogen-bond donors (Lipinski definition) is 1. The van der Waals surface area contributed by atoms with E-state index >= 15 is 0 Å². The van der Waals surface area contributed by atoms with E-state index in [4.69, 9.17) is 11.6 Å². The fraction of sp³-hybridized carbons (Fsp3) is 0.130. The third-order valence-electron chi connectivity index (χ3n) is 5.39. The molecule has 0 radical (unpaired) electrons. The van der Waals surface area contributed by atoms with Crippen molar-refractivity contribution in [3.8, 4) is 5.69 Å². The lowest BCUT2D eigenvalue weighted by Gasteiger charge is -2.19. The summed E-state index contributed by atoms with van der Waals surface area (Å²) in [6.07, 6.45) is -3.23. The number of carbonyl (C=O) groups excluding carboxylic acids is 1. The Labute approximate surface area is 205 Å². The molecule has 0 saturated carbocycles. The van der Waals surface area contributed by atoms with Crippen molar-refractivity contribution in [1.29, 1.82) is 0 Å². The van der Waals surface area contributed by atoms with E-state index in [1.165, 1.54) is 12.1 Å². The molecule has 13 heteroatoms. The number of carbonyl (C=O) groups is 1. The molecule has 0 bridgehead atoms. The number of imidazole rings is 1. The van der Waals surface area contributed by atoms with Crippen LogP contribution >= 0.6 is 11.6 Å². The van der Waals surface area contributed by atoms with E-state index < -0.39 is 24.0 Å². The van der Waals surface area contributed by atoms with E-state index in [-0.39, 0.29) is 17.0 Å². The summed E-state index contributed by atoms with van der Waals surface area (Å²) < 4.78 is 54.3. The number of alkyl halides is 3. The van der Waals surface area contributed by atoms with Crippen LogP contribution in [0.4, 0.5) is 23.4 Å². The molecule has 1 unspecified atom stereocenters. The minimum absolute atomic E-state index is 0.0591. The Bertz CT molecular complexity index is 1610. The SMILES string of the molecule is CC(Nc1ncnc2c1ncn2OC(=O)C(F)(F)F)c1c(Cl)c2ccccc2n1-c1cccc(F)c1. The maximum absolute atomic E-state index is 14.1. The average molecular weight is 519 g/mol. The van der Waals surface area contributed by atoms with Crippen LogP contribution in [0.2, 0.25) is 5.02 Å². The van der Waals surface area contributed by atoms with Crippen molar-refractivity contribution in [3.05, 3.63) is 77.7 Å². The first-order valence-electron chi connectivity index (χ1n) is 10.4. The topological polar surface area (TPSA) is 86.9 Å². The minimum Gasteiger partial charge on any atom is -0.360 e. The van der Waals surface area contributed by atoms with Crippen LogP contribution in [0.3, 0.4) is 0 Å². The first-order chi connectivity index (χ1) is 17.1.